The first kappa shape index (κ1) is 18.1. The van der Waals surface area contributed by atoms with Crippen LogP contribution in [0.15, 0.2) is 78.9 Å². The molecule has 0 aliphatic rings. The second-order valence-corrected chi connectivity index (χ2v) is 5.69. The molecule has 0 fully saturated rings. The minimum Gasteiger partial charge on any atom is -0.350 e. The second kappa shape index (κ2) is 8.59. The topological polar surface area (TPSA) is 93.5 Å². The van der Waals surface area contributed by atoms with Gasteiger partial charge < -0.3 is 5.32 Å². The number of para-hydroxylation sites is 1. The van der Waals surface area contributed by atoms with Gasteiger partial charge in [-0.3, -0.25) is 19.7 Å². The fraction of sp³-hybridized carbons (Fsp3) is 0.0500. The maximum atomic E-state index is 12.2. The molecule has 3 rings (SSSR count). The largest absolute Gasteiger partial charge is 0.350 e. The number of carbonyl (C=O) groups is 1. The zero-order valence-electron chi connectivity index (χ0n) is 14.3. The number of amides is 1. The number of benzene rings is 3. The first-order chi connectivity index (χ1) is 13.1. The molecule has 2 N–H and O–H groups in total. The van der Waals surface area contributed by atoms with Gasteiger partial charge in [0.05, 0.1) is 11.5 Å². The van der Waals surface area contributed by atoms with Gasteiger partial charge in [0.2, 0.25) is 0 Å². The molecule has 1 amide bonds. The molecule has 3 aromatic rings. The van der Waals surface area contributed by atoms with Crippen molar-refractivity contribution in [3.63, 3.8) is 0 Å². The summed E-state index contributed by atoms with van der Waals surface area (Å²) in [6, 6.07) is 22.6. The van der Waals surface area contributed by atoms with E-state index >= 15 is 0 Å². The van der Waals surface area contributed by atoms with E-state index in [1.165, 1.54) is 18.2 Å². The number of carbonyl (C=O) groups excluding carboxylic acids is 1. The summed E-state index contributed by atoms with van der Waals surface area (Å²) >= 11 is 0. The summed E-state index contributed by atoms with van der Waals surface area (Å²) in [5.41, 5.74) is 4.14. The van der Waals surface area contributed by atoms with Gasteiger partial charge >= 0.3 is 0 Å². The van der Waals surface area contributed by atoms with E-state index in [4.69, 9.17) is 4.84 Å². The molecule has 3 aromatic carbocycles. The van der Waals surface area contributed by atoms with Gasteiger partial charge in [-0.15, -0.1) is 0 Å². The quantitative estimate of drug-likeness (QED) is 0.485. The Morgan fingerprint density at radius 3 is 2.30 bits per heavy atom. The van der Waals surface area contributed by atoms with Gasteiger partial charge in [0.15, 0.2) is 0 Å². The summed E-state index contributed by atoms with van der Waals surface area (Å²) in [4.78, 5) is 28.2. The minimum atomic E-state index is -0.555. The van der Waals surface area contributed by atoms with Gasteiger partial charge in [-0.05, 0) is 29.8 Å². The van der Waals surface area contributed by atoms with Crippen molar-refractivity contribution in [2.75, 3.05) is 5.32 Å². The zero-order chi connectivity index (χ0) is 19.1. The fourth-order valence-corrected chi connectivity index (χ4v) is 2.42. The summed E-state index contributed by atoms with van der Waals surface area (Å²) < 4.78 is 0. The van der Waals surface area contributed by atoms with E-state index in [-0.39, 0.29) is 17.9 Å². The van der Waals surface area contributed by atoms with Crippen molar-refractivity contribution in [3.05, 3.63) is 100 Å². The lowest BCUT2D eigenvalue weighted by atomic mass is 10.1. The minimum absolute atomic E-state index is 0.133. The Labute approximate surface area is 155 Å². The van der Waals surface area contributed by atoms with E-state index in [2.05, 4.69) is 10.8 Å². The van der Waals surface area contributed by atoms with Crippen molar-refractivity contribution in [1.29, 1.82) is 0 Å². The van der Waals surface area contributed by atoms with Crippen LogP contribution in [0.5, 0.6) is 0 Å². The molecule has 136 valence electrons. The van der Waals surface area contributed by atoms with Crippen molar-refractivity contribution >= 4 is 23.0 Å². The number of hydrogen-bond acceptors (Lipinski definition) is 5. The molecular formula is C20H17N3O4. The highest BCUT2D eigenvalue weighted by molar-refractivity contribution is 5.95. The lowest BCUT2D eigenvalue weighted by molar-refractivity contribution is -0.383. The monoisotopic (exact) mass is 363 g/mol. The number of hydroxylamine groups is 1. The molecular weight excluding hydrogens is 346 g/mol. The molecule has 27 heavy (non-hydrogen) atoms. The molecule has 0 heterocycles. The molecule has 0 saturated carbocycles. The van der Waals surface area contributed by atoms with Crippen molar-refractivity contribution < 1.29 is 14.6 Å². The number of nitro groups is 1. The van der Waals surface area contributed by atoms with Crippen LogP contribution in [0.3, 0.4) is 0 Å². The molecule has 7 heteroatoms. The number of nitrogens with one attached hydrogen (secondary N) is 2. The number of nitro benzene ring substituents is 1. The number of rotatable bonds is 7. The Bertz CT molecular complexity index is 930. The van der Waals surface area contributed by atoms with Crippen molar-refractivity contribution in [2.45, 2.75) is 6.61 Å². The number of anilines is 2. The highest BCUT2D eigenvalue weighted by atomic mass is 16.7. The normalized spacial score (nSPS) is 10.2. The van der Waals surface area contributed by atoms with Crippen LogP contribution in [0.4, 0.5) is 17.1 Å². The lowest BCUT2D eigenvalue weighted by Gasteiger charge is -2.09. The third kappa shape index (κ3) is 4.90. The molecule has 0 unspecified atom stereocenters. The maximum Gasteiger partial charge on any atom is 0.293 e. The SMILES string of the molecule is O=C(NOCc1ccccc1)c1ccc(Nc2ccccc2)c([N+](=O)[O-])c1. The second-order valence-electron chi connectivity index (χ2n) is 5.69. The molecule has 7 nitrogen and oxygen atoms in total. The number of hydrogen-bond donors (Lipinski definition) is 2. The molecule has 0 spiro atoms. The van der Waals surface area contributed by atoms with Gasteiger partial charge in [0.1, 0.15) is 5.69 Å². The lowest BCUT2D eigenvalue weighted by Crippen LogP contribution is -2.23. The molecule has 0 bridgehead atoms. The molecule has 0 aromatic heterocycles. The van der Waals surface area contributed by atoms with E-state index in [9.17, 15) is 14.9 Å². The summed E-state index contributed by atoms with van der Waals surface area (Å²) in [5.74, 6) is -0.555. The summed E-state index contributed by atoms with van der Waals surface area (Å²) in [6.45, 7) is 0.197. The van der Waals surface area contributed by atoms with Crippen molar-refractivity contribution in [2.24, 2.45) is 0 Å². The van der Waals surface area contributed by atoms with Gasteiger partial charge in [-0.2, -0.15) is 0 Å². The van der Waals surface area contributed by atoms with Gasteiger partial charge in [-0.1, -0.05) is 48.5 Å². The van der Waals surface area contributed by atoms with Gasteiger partial charge in [0.25, 0.3) is 11.6 Å². The van der Waals surface area contributed by atoms with Crippen LogP contribution < -0.4 is 10.8 Å². The number of nitrogens with zero attached hydrogens (tertiary/aromatic N) is 1. The van der Waals surface area contributed by atoms with Crippen molar-refractivity contribution in [3.8, 4) is 0 Å². The maximum absolute atomic E-state index is 12.2. The molecule has 0 radical (unpaired) electrons. The summed E-state index contributed by atoms with van der Waals surface area (Å²) in [7, 11) is 0. The Kier molecular flexibility index (Phi) is 5.76. The van der Waals surface area contributed by atoms with E-state index in [0.717, 1.165) is 5.56 Å². The predicted octanol–water partition coefficient (Wildman–Crippen LogP) is 4.20. The Hall–Kier alpha value is -3.71. The Morgan fingerprint density at radius 1 is 0.963 bits per heavy atom. The van der Waals surface area contributed by atoms with Gasteiger partial charge in [-0.25, -0.2) is 5.48 Å². The average molecular weight is 363 g/mol. The average Bonchev–Trinajstić information content (AvgIpc) is 2.69. The van der Waals surface area contributed by atoms with E-state index in [1.807, 2.05) is 48.5 Å². The Balaban J connectivity index is 1.69. The molecule has 0 saturated heterocycles. The van der Waals surface area contributed by atoms with E-state index < -0.39 is 10.8 Å². The van der Waals surface area contributed by atoms with Crippen molar-refractivity contribution in [1.82, 2.24) is 5.48 Å². The first-order valence-electron chi connectivity index (χ1n) is 8.20. The smallest absolute Gasteiger partial charge is 0.293 e. The zero-order valence-corrected chi connectivity index (χ0v) is 14.3. The first-order valence-corrected chi connectivity index (χ1v) is 8.20. The predicted molar refractivity (Wildman–Crippen MR) is 102 cm³/mol. The van der Waals surface area contributed by atoms with Crippen LogP contribution in [0.2, 0.25) is 0 Å². The van der Waals surface area contributed by atoms with Gasteiger partial charge in [0, 0.05) is 17.3 Å². The standard InChI is InChI=1S/C20H17N3O4/c24-20(22-27-14-15-7-3-1-4-8-15)16-11-12-18(19(13-16)23(25)26)21-17-9-5-2-6-10-17/h1-13,21H,14H2,(H,22,24). The highest BCUT2D eigenvalue weighted by Gasteiger charge is 2.18. The highest BCUT2D eigenvalue weighted by Crippen LogP contribution is 2.28. The van der Waals surface area contributed by atoms with Crippen LogP contribution in [0.1, 0.15) is 15.9 Å². The summed E-state index contributed by atoms with van der Waals surface area (Å²) in [5, 5.41) is 14.4. The Morgan fingerprint density at radius 2 is 1.63 bits per heavy atom. The van der Waals surface area contributed by atoms with Crippen LogP contribution in [-0.4, -0.2) is 10.8 Å². The van der Waals surface area contributed by atoms with E-state index in [1.54, 1.807) is 12.1 Å². The van der Waals surface area contributed by atoms with E-state index in [0.29, 0.717) is 11.4 Å². The van der Waals surface area contributed by atoms with Crippen LogP contribution in [-0.2, 0) is 11.4 Å². The third-order valence-corrected chi connectivity index (χ3v) is 3.76. The molecule has 0 aliphatic carbocycles. The third-order valence-electron chi connectivity index (χ3n) is 3.76. The molecule has 0 atom stereocenters. The summed E-state index contributed by atoms with van der Waals surface area (Å²) in [6.07, 6.45) is 0. The fourth-order valence-electron chi connectivity index (χ4n) is 2.42. The van der Waals surface area contributed by atoms with Crippen LogP contribution in [0, 0.1) is 10.1 Å². The molecule has 0 aliphatic heterocycles. The van der Waals surface area contributed by atoms with Crippen LogP contribution >= 0.6 is 0 Å². The van der Waals surface area contributed by atoms with Crippen LogP contribution in [0.25, 0.3) is 0 Å².